The highest BCUT2D eigenvalue weighted by Gasteiger charge is 2.14. The Balaban J connectivity index is 1.96. The first-order valence-electron chi connectivity index (χ1n) is 10.5. The number of halogens is 2. The number of nitrogens with one attached hydrogen (secondary N) is 3. The number of hydrogen-bond acceptors (Lipinski definition) is 6. The Morgan fingerprint density at radius 1 is 1.00 bits per heavy atom. The molecule has 0 saturated heterocycles. The molecule has 0 heterocycles. The number of nitrogens with zero attached hydrogens (tertiary/aromatic N) is 1. The van der Waals surface area contributed by atoms with Crippen LogP contribution in [0.4, 0.5) is 5.69 Å². The Morgan fingerprint density at radius 2 is 1.76 bits per heavy atom. The number of ether oxygens (including phenoxy) is 2. The van der Waals surface area contributed by atoms with Gasteiger partial charge >= 0.3 is 11.8 Å². The second kappa shape index (κ2) is 13.4. The van der Waals surface area contributed by atoms with Crippen LogP contribution in [-0.2, 0) is 14.4 Å². The predicted octanol–water partition coefficient (Wildman–Crippen LogP) is 3.77. The molecular formula is C23H26Cl2N4O5. The van der Waals surface area contributed by atoms with Gasteiger partial charge in [-0.2, -0.15) is 5.10 Å². The molecule has 11 heteroatoms. The van der Waals surface area contributed by atoms with Gasteiger partial charge in [0.25, 0.3) is 5.91 Å². The van der Waals surface area contributed by atoms with E-state index in [1.807, 2.05) is 6.92 Å². The molecule has 0 spiro atoms. The van der Waals surface area contributed by atoms with Crippen LogP contribution in [0.25, 0.3) is 0 Å². The van der Waals surface area contributed by atoms with E-state index in [2.05, 4.69) is 21.2 Å². The average Bonchev–Trinajstić information content (AvgIpc) is 2.80. The Kier molecular flexibility index (Phi) is 10.6. The van der Waals surface area contributed by atoms with E-state index in [1.165, 1.54) is 12.3 Å². The van der Waals surface area contributed by atoms with Gasteiger partial charge in [0, 0.05) is 11.7 Å². The van der Waals surface area contributed by atoms with E-state index in [9.17, 15) is 14.4 Å². The quantitative estimate of drug-likeness (QED) is 0.256. The third-order valence-electron chi connectivity index (χ3n) is 4.41. The molecule has 0 unspecified atom stereocenters. The summed E-state index contributed by atoms with van der Waals surface area (Å²) in [7, 11) is 0. The van der Waals surface area contributed by atoms with Gasteiger partial charge in [0.2, 0.25) is 0 Å². The number of amides is 3. The van der Waals surface area contributed by atoms with E-state index >= 15 is 0 Å². The highest BCUT2D eigenvalue weighted by atomic mass is 35.5. The van der Waals surface area contributed by atoms with E-state index in [4.69, 9.17) is 32.7 Å². The molecule has 0 aromatic heterocycles. The molecule has 0 saturated carbocycles. The molecule has 0 bridgehead atoms. The minimum absolute atomic E-state index is 0.116. The zero-order chi connectivity index (χ0) is 25.1. The van der Waals surface area contributed by atoms with Gasteiger partial charge in [-0.05, 0) is 62.2 Å². The van der Waals surface area contributed by atoms with Gasteiger partial charge in [-0.15, -0.1) is 0 Å². The van der Waals surface area contributed by atoms with Crippen LogP contribution >= 0.6 is 23.2 Å². The van der Waals surface area contributed by atoms with Crippen molar-refractivity contribution in [3.05, 3.63) is 52.0 Å². The van der Waals surface area contributed by atoms with Gasteiger partial charge in [0.1, 0.15) is 0 Å². The summed E-state index contributed by atoms with van der Waals surface area (Å²) in [6, 6.07) is 9.51. The zero-order valence-corrected chi connectivity index (χ0v) is 20.5. The summed E-state index contributed by atoms with van der Waals surface area (Å²) in [6.07, 6.45) is 2.06. The summed E-state index contributed by atoms with van der Waals surface area (Å²) in [6.45, 7) is 5.59. The lowest BCUT2D eigenvalue weighted by atomic mass is 10.2. The average molecular weight is 509 g/mol. The largest absolute Gasteiger partial charge is 0.490 e. The SMILES string of the molecule is CCOc1cc(/C=N\NC(=O)C(=O)N[C@@H](C)CC)ccc1OCC(=O)Nc1ccc(Cl)c(Cl)c1. The maximum Gasteiger partial charge on any atom is 0.329 e. The van der Waals surface area contributed by atoms with Gasteiger partial charge in [-0.1, -0.05) is 30.1 Å². The summed E-state index contributed by atoms with van der Waals surface area (Å²) in [5.74, 6) is -1.29. The van der Waals surface area contributed by atoms with E-state index in [1.54, 1.807) is 44.2 Å². The van der Waals surface area contributed by atoms with Crippen LogP contribution in [0.2, 0.25) is 10.0 Å². The van der Waals surface area contributed by atoms with E-state index in [-0.39, 0.29) is 12.6 Å². The van der Waals surface area contributed by atoms with Crippen molar-refractivity contribution in [2.24, 2.45) is 5.10 Å². The number of hydrogen-bond donors (Lipinski definition) is 3. The predicted molar refractivity (Wildman–Crippen MR) is 132 cm³/mol. The van der Waals surface area contributed by atoms with Gasteiger partial charge < -0.3 is 20.1 Å². The summed E-state index contributed by atoms with van der Waals surface area (Å²) in [5, 5.41) is 9.71. The zero-order valence-electron chi connectivity index (χ0n) is 19.0. The van der Waals surface area contributed by atoms with E-state index in [0.29, 0.717) is 45.8 Å². The molecule has 0 aliphatic rings. The van der Waals surface area contributed by atoms with Crippen LogP contribution in [0.5, 0.6) is 11.5 Å². The smallest absolute Gasteiger partial charge is 0.329 e. The third-order valence-corrected chi connectivity index (χ3v) is 5.14. The highest BCUT2D eigenvalue weighted by Crippen LogP contribution is 2.28. The number of hydrazone groups is 1. The Morgan fingerprint density at radius 3 is 2.44 bits per heavy atom. The summed E-state index contributed by atoms with van der Waals surface area (Å²) in [5.41, 5.74) is 3.24. The molecule has 3 N–H and O–H groups in total. The maximum atomic E-state index is 12.2. The van der Waals surface area contributed by atoms with Crippen LogP contribution in [0.3, 0.4) is 0 Å². The first-order chi connectivity index (χ1) is 16.2. The second-order valence-corrected chi connectivity index (χ2v) is 7.90. The van der Waals surface area contributed by atoms with Crippen LogP contribution in [-0.4, -0.2) is 43.2 Å². The van der Waals surface area contributed by atoms with E-state index < -0.39 is 17.7 Å². The van der Waals surface area contributed by atoms with E-state index in [0.717, 1.165) is 0 Å². The molecule has 0 radical (unpaired) electrons. The molecule has 2 aromatic carbocycles. The molecule has 182 valence electrons. The molecule has 1 atom stereocenters. The van der Waals surface area contributed by atoms with Crippen LogP contribution in [0, 0.1) is 0 Å². The first-order valence-corrected chi connectivity index (χ1v) is 11.3. The molecule has 34 heavy (non-hydrogen) atoms. The fraction of sp³-hybridized carbons (Fsp3) is 0.304. The first kappa shape index (κ1) is 26.9. The second-order valence-electron chi connectivity index (χ2n) is 7.09. The van der Waals surface area contributed by atoms with Crippen molar-refractivity contribution < 1.29 is 23.9 Å². The number of carbonyl (C=O) groups excluding carboxylic acids is 3. The molecule has 0 fully saturated rings. The number of carbonyl (C=O) groups is 3. The van der Waals surface area contributed by atoms with Gasteiger partial charge in [0.05, 0.1) is 22.9 Å². The van der Waals surface area contributed by atoms with Gasteiger partial charge in [-0.3, -0.25) is 14.4 Å². The topological polar surface area (TPSA) is 118 Å². The Bertz CT molecular complexity index is 1060. The van der Waals surface area contributed by atoms with Crippen molar-refractivity contribution in [1.29, 1.82) is 0 Å². The van der Waals surface area contributed by atoms with Crippen molar-refractivity contribution in [1.82, 2.24) is 10.7 Å². The summed E-state index contributed by atoms with van der Waals surface area (Å²) < 4.78 is 11.2. The molecule has 9 nitrogen and oxygen atoms in total. The lowest BCUT2D eigenvalue weighted by Gasteiger charge is -2.13. The molecule has 2 aromatic rings. The van der Waals surface area contributed by atoms with Gasteiger partial charge in [-0.25, -0.2) is 5.43 Å². The van der Waals surface area contributed by atoms with Crippen LogP contribution in [0.15, 0.2) is 41.5 Å². The molecular weight excluding hydrogens is 483 g/mol. The van der Waals surface area contributed by atoms with Crippen molar-refractivity contribution in [3.8, 4) is 11.5 Å². The maximum absolute atomic E-state index is 12.2. The van der Waals surface area contributed by atoms with Crippen LogP contribution in [0.1, 0.15) is 32.8 Å². The summed E-state index contributed by atoms with van der Waals surface area (Å²) in [4.78, 5) is 35.7. The third kappa shape index (κ3) is 8.57. The molecule has 0 aliphatic carbocycles. The minimum atomic E-state index is -0.866. The van der Waals surface area contributed by atoms with Crippen molar-refractivity contribution in [2.75, 3.05) is 18.5 Å². The Hall–Kier alpha value is -3.30. The molecule has 3 amide bonds. The lowest BCUT2D eigenvalue weighted by molar-refractivity contribution is -0.139. The van der Waals surface area contributed by atoms with Crippen molar-refractivity contribution in [3.63, 3.8) is 0 Å². The normalized spacial score (nSPS) is 11.6. The van der Waals surface area contributed by atoms with Crippen molar-refractivity contribution in [2.45, 2.75) is 33.2 Å². The van der Waals surface area contributed by atoms with Crippen LogP contribution < -0.4 is 25.5 Å². The van der Waals surface area contributed by atoms with Crippen molar-refractivity contribution >= 4 is 52.8 Å². The number of benzene rings is 2. The number of rotatable bonds is 10. The lowest BCUT2D eigenvalue weighted by Crippen LogP contribution is -2.41. The fourth-order valence-corrected chi connectivity index (χ4v) is 2.81. The van der Waals surface area contributed by atoms with Gasteiger partial charge in [0.15, 0.2) is 18.1 Å². The molecule has 2 rings (SSSR count). The minimum Gasteiger partial charge on any atom is -0.490 e. The Labute approximate surface area is 207 Å². The fourth-order valence-electron chi connectivity index (χ4n) is 2.51. The molecule has 0 aliphatic heterocycles. The highest BCUT2D eigenvalue weighted by molar-refractivity contribution is 6.42. The monoisotopic (exact) mass is 508 g/mol. The number of anilines is 1. The summed E-state index contributed by atoms with van der Waals surface area (Å²) >= 11 is 11.8. The standard InChI is InChI=1S/C23H26Cl2N4O5/c1-4-14(3)27-22(31)23(32)29-26-12-15-6-9-19(20(10-15)33-5-2)34-13-21(30)28-16-7-8-17(24)18(25)11-16/h6-12,14H,4-5,13H2,1-3H3,(H,27,31)(H,28,30)(H,29,32)/b26-12-/t14-/m0/s1.